The second-order valence-corrected chi connectivity index (χ2v) is 8.49. The molecule has 3 heterocycles. The normalized spacial score (nSPS) is 12.7. The molecule has 0 radical (unpaired) electrons. The van der Waals surface area contributed by atoms with Crippen molar-refractivity contribution < 1.29 is 14.4 Å². The molecule has 4 aromatic rings. The number of hydrogen-bond acceptors (Lipinski definition) is 6. The number of amides is 3. The maximum atomic E-state index is 13.0. The summed E-state index contributed by atoms with van der Waals surface area (Å²) in [6.07, 6.45) is 3.40. The molecule has 0 fully saturated rings. The molecule has 0 bridgehead atoms. The van der Waals surface area contributed by atoms with Crippen LogP contribution < -0.4 is 10.2 Å². The number of fused-ring (bicyclic) bond motifs is 1. The number of pyridine rings is 1. The number of imide groups is 1. The molecule has 0 saturated carbocycles. The summed E-state index contributed by atoms with van der Waals surface area (Å²) >= 11 is 7.66. The molecule has 0 unspecified atom stereocenters. The Morgan fingerprint density at radius 3 is 2.55 bits per heavy atom. The number of carbonyl (C=O) groups is 3. The summed E-state index contributed by atoms with van der Waals surface area (Å²) in [6, 6.07) is 14.8. The Kier molecular flexibility index (Phi) is 5.45. The Morgan fingerprint density at radius 2 is 1.76 bits per heavy atom. The minimum absolute atomic E-state index is 0.168. The first-order chi connectivity index (χ1) is 16.0. The van der Waals surface area contributed by atoms with E-state index in [1.807, 2.05) is 17.5 Å². The van der Waals surface area contributed by atoms with Gasteiger partial charge in [-0.15, -0.1) is 11.3 Å². The van der Waals surface area contributed by atoms with Gasteiger partial charge in [0.1, 0.15) is 5.01 Å². The third kappa shape index (κ3) is 3.90. The van der Waals surface area contributed by atoms with Crippen LogP contribution in [0.1, 0.15) is 36.8 Å². The van der Waals surface area contributed by atoms with Crippen molar-refractivity contribution in [1.29, 1.82) is 0 Å². The van der Waals surface area contributed by atoms with E-state index >= 15 is 0 Å². The van der Waals surface area contributed by atoms with Gasteiger partial charge in [0.15, 0.2) is 0 Å². The molecule has 1 aliphatic rings. The highest BCUT2D eigenvalue weighted by Gasteiger charge is 2.38. The van der Waals surface area contributed by atoms with Crippen molar-refractivity contribution in [3.8, 4) is 10.6 Å². The summed E-state index contributed by atoms with van der Waals surface area (Å²) in [5.74, 6) is -1.35. The number of nitrogens with one attached hydrogen (secondary N) is 1. The summed E-state index contributed by atoms with van der Waals surface area (Å²) in [7, 11) is 0. The van der Waals surface area contributed by atoms with Crippen LogP contribution in [-0.2, 0) is 6.54 Å². The maximum absolute atomic E-state index is 13.0. The average molecular weight is 475 g/mol. The molecule has 1 N–H and O–H groups in total. The van der Waals surface area contributed by atoms with Crippen LogP contribution in [0.25, 0.3) is 10.6 Å². The molecule has 5 rings (SSSR count). The largest absolute Gasteiger partial charge is 0.346 e. The number of hydrogen-bond donors (Lipinski definition) is 1. The number of nitrogens with zero attached hydrogens (tertiary/aromatic N) is 3. The van der Waals surface area contributed by atoms with E-state index in [0.29, 0.717) is 10.7 Å². The van der Waals surface area contributed by atoms with Gasteiger partial charge in [0.25, 0.3) is 17.7 Å². The molecule has 0 spiro atoms. The van der Waals surface area contributed by atoms with E-state index in [-0.39, 0.29) is 29.1 Å². The summed E-state index contributed by atoms with van der Waals surface area (Å²) in [6.45, 7) is 0.232. The summed E-state index contributed by atoms with van der Waals surface area (Å²) in [5, 5.41) is 5.82. The number of benzene rings is 2. The number of anilines is 1. The average Bonchev–Trinajstić information content (AvgIpc) is 3.41. The molecule has 9 heteroatoms. The zero-order valence-electron chi connectivity index (χ0n) is 17.0. The zero-order valence-corrected chi connectivity index (χ0v) is 18.6. The van der Waals surface area contributed by atoms with Gasteiger partial charge in [0, 0.05) is 28.9 Å². The highest BCUT2D eigenvalue weighted by Crippen LogP contribution is 2.33. The molecule has 7 nitrogen and oxygen atoms in total. The second kappa shape index (κ2) is 8.57. The number of thiazole rings is 1. The van der Waals surface area contributed by atoms with Crippen LogP contribution >= 0.6 is 22.9 Å². The van der Waals surface area contributed by atoms with E-state index in [0.717, 1.165) is 21.2 Å². The molecule has 0 saturated heterocycles. The first kappa shape index (κ1) is 21.0. The van der Waals surface area contributed by atoms with Crippen LogP contribution in [0.3, 0.4) is 0 Å². The lowest BCUT2D eigenvalue weighted by Gasteiger charge is -2.15. The summed E-state index contributed by atoms with van der Waals surface area (Å²) in [5.41, 5.74) is 2.67. The van der Waals surface area contributed by atoms with Gasteiger partial charge in [-0.1, -0.05) is 23.7 Å². The van der Waals surface area contributed by atoms with Crippen molar-refractivity contribution in [2.24, 2.45) is 0 Å². The first-order valence-corrected chi connectivity index (χ1v) is 11.2. The van der Waals surface area contributed by atoms with Gasteiger partial charge in [-0.2, -0.15) is 0 Å². The van der Waals surface area contributed by atoms with E-state index < -0.39 is 11.8 Å². The van der Waals surface area contributed by atoms with Gasteiger partial charge in [-0.25, -0.2) is 9.88 Å². The van der Waals surface area contributed by atoms with E-state index in [1.165, 1.54) is 29.5 Å². The molecule has 1 aliphatic heterocycles. The number of carbonyl (C=O) groups excluding carboxylic acids is 3. The topological polar surface area (TPSA) is 92.3 Å². The lowest BCUT2D eigenvalue weighted by Crippen LogP contribution is -2.29. The number of para-hydroxylation sites is 1. The Morgan fingerprint density at radius 1 is 1.00 bits per heavy atom. The quantitative estimate of drug-likeness (QED) is 0.427. The Bertz CT molecular complexity index is 1400. The van der Waals surface area contributed by atoms with Crippen molar-refractivity contribution in [1.82, 2.24) is 15.3 Å². The standard InChI is InChI=1S/C24H15ClN4O3S/c25-19-3-1-2-4-20(19)29-23(31)17-6-5-15(11-18(17)24(29)32)21(30)27-12-16-13-33-22(28-16)14-7-9-26-10-8-14/h1-11,13H,12H2,(H,27,30). The highest BCUT2D eigenvalue weighted by atomic mass is 35.5. The van der Waals surface area contributed by atoms with Gasteiger partial charge in [-0.3, -0.25) is 19.4 Å². The lowest BCUT2D eigenvalue weighted by atomic mass is 10.1. The van der Waals surface area contributed by atoms with Crippen LogP contribution in [0, 0.1) is 0 Å². The van der Waals surface area contributed by atoms with Crippen molar-refractivity contribution in [3.63, 3.8) is 0 Å². The van der Waals surface area contributed by atoms with E-state index in [4.69, 9.17) is 11.6 Å². The monoisotopic (exact) mass is 474 g/mol. The van der Waals surface area contributed by atoms with E-state index in [2.05, 4.69) is 15.3 Å². The predicted molar refractivity (Wildman–Crippen MR) is 126 cm³/mol. The van der Waals surface area contributed by atoms with Gasteiger partial charge < -0.3 is 5.32 Å². The van der Waals surface area contributed by atoms with Crippen molar-refractivity contribution >= 4 is 46.3 Å². The fraction of sp³-hybridized carbons (Fsp3) is 0.0417. The van der Waals surface area contributed by atoms with E-state index in [1.54, 1.807) is 36.7 Å². The molecule has 2 aromatic heterocycles. The molecule has 0 atom stereocenters. The maximum Gasteiger partial charge on any atom is 0.266 e. The van der Waals surface area contributed by atoms with Crippen LogP contribution in [0.4, 0.5) is 5.69 Å². The number of rotatable bonds is 5. The SMILES string of the molecule is O=C(NCc1csc(-c2ccncc2)n1)c1ccc2c(c1)C(=O)N(c1ccccc1Cl)C2=O. The fourth-order valence-corrected chi connectivity index (χ4v) is 4.57. The van der Waals surface area contributed by atoms with Crippen LogP contribution in [0.2, 0.25) is 5.02 Å². The van der Waals surface area contributed by atoms with E-state index in [9.17, 15) is 14.4 Å². The molecule has 33 heavy (non-hydrogen) atoms. The van der Waals surface area contributed by atoms with Crippen LogP contribution in [0.15, 0.2) is 72.4 Å². The number of halogens is 1. The Hall–Kier alpha value is -3.88. The highest BCUT2D eigenvalue weighted by molar-refractivity contribution is 7.13. The fourth-order valence-electron chi connectivity index (χ4n) is 3.52. The van der Waals surface area contributed by atoms with Crippen LogP contribution in [0.5, 0.6) is 0 Å². The molecule has 0 aliphatic carbocycles. The predicted octanol–water partition coefficient (Wildman–Crippen LogP) is 4.59. The van der Waals surface area contributed by atoms with Crippen molar-refractivity contribution in [2.75, 3.05) is 4.90 Å². The van der Waals surface area contributed by atoms with Crippen molar-refractivity contribution in [3.05, 3.63) is 99.8 Å². The second-order valence-electron chi connectivity index (χ2n) is 7.22. The number of aromatic nitrogens is 2. The van der Waals surface area contributed by atoms with Gasteiger partial charge >= 0.3 is 0 Å². The molecular weight excluding hydrogens is 460 g/mol. The van der Waals surface area contributed by atoms with Gasteiger partial charge in [0.2, 0.25) is 0 Å². The van der Waals surface area contributed by atoms with Gasteiger partial charge in [-0.05, 0) is 42.5 Å². The molecule has 162 valence electrons. The smallest absolute Gasteiger partial charge is 0.266 e. The van der Waals surface area contributed by atoms with Crippen molar-refractivity contribution in [2.45, 2.75) is 6.54 Å². The zero-order chi connectivity index (χ0) is 22.9. The third-order valence-corrected chi connectivity index (χ3v) is 6.41. The molecule has 3 amide bonds. The minimum atomic E-state index is -0.515. The Balaban J connectivity index is 1.32. The Labute approximate surface area is 197 Å². The lowest BCUT2D eigenvalue weighted by molar-refractivity contribution is 0.0923. The molecular formula is C24H15ClN4O3S. The third-order valence-electron chi connectivity index (χ3n) is 5.15. The van der Waals surface area contributed by atoms with Crippen LogP contribution in [-0.4, -0.2) is 27.7 Å². The summed E-state index contributed by atoms with van der Waals surface area (Å²) < 4.78 is 0. The molecule has 2 aromatic carbocycles. The van der Waals surface area contributed by atoms with Gasteiger partial charge in [0.05, 0.1) is 34.1 Å². The summed E-state index contributed by atoms with van der Waals surface area (Å²) in [4.78, 5) is 48.0. The minimum Gasteiger partial charge on any atom is -0.346 e. The first-order valence-electron chi connectivity index (χ1n) is 9.93.